The van der Waals surface area contributed by atoms with E-state index in [1.54, 1.807) is 11.0 Å². The van der Waals surface area contributed by atoms with Gasteiger partial charge in [0.25, 0.3) is 0 Å². The van der Waals surface area contributed by atoms with Gasteiger partial charge in [-0.25, -0.2) is 4.99 Å². The van der Waals surface area contributed by atoms with Crippen molar-refractivity contribution >= 4 is 50.9 Å². The fourth-order valence-electron chi connectivity index (χ4n) is 3.28. The number of anilines is 1. The Morgan fingerprint density at radius 2 is 1.80 bits per heavy atom. The van der Waals surface area contributed by atoms with Gasteiger partial charge < -0.3 is 5.32 Å². The van der Waals surface area contributed by atoms with Crippen molar-refractivity contribution < 1.29 is 9.59 Å². The molecule has 30 heavy (non-hydrogen) atoms. The van der Waals surface area contributed by atoms with E-state index < -0.39 is 5.25 Å². The van der Waals surface area contributed by atoms with Gasteiger partial charge in [-0.15, -0.1) is 6.58 Å². The van der Waals surface area contributed by atoms with E-state index in [-0.39, 0.29) is 18.2 Å². The maximum absolute atomic E-state index is 12.9. The summed E-state index contributed by atoms with van der Waals surface area (Å²) in [6.45, 7) is 4.09. The topological polar surface area (TPSA) is 61.8 Å². The van der Waals surface area contributed by atoms with Gasteiger partial charge in [0, 0.05) is 18.7 Å². The smallest absolute Gasteiger partial charge is 0.242 e. The van der Waals surface area contributed by atoms with E-state index in [0.717, 1.165) is 22.1 Å². The third-order valence-electron chi connectivity index (χ3n) is 4.72. The van der Waals surface area contributed by atoms with Gasteiger partial charge in [0.15, 0.2) is 5.17 Å². The number of carbonyl (C=O) groups is 2. The van der Waals surface area contributed by atoms with Gasteiger partial charge in [-0.1, -0.05) is 66.4 Å². The normalized spacial score (nSPS) is 17.5. The minimum atomic E-state index is -0.507. The Bertz CT molecular complexity index is 1130. The van der Waals surface area contributed by atoms with Crippen molar-refractivity contribution in [2.75, 3.05) is 11.9 Å². The molecule has 2 amide bonds. The SMILES string of the molecule is C=CCN1C(=O)[C@@H](CC(=O)Nc2ccc3ccccc3c2)SC1=Nc1ccccc1. The molecule has 0 saturated carbocycles. The van der Waals surface area contributed by atoms with E-state index in [1.165, 1.54) is 11.8 Å². The number of aliphatic imine (C=N–C) groups is 1. The molecule has 4 rings (SSSR count). The molecule has 3 aromatic rings. The van der Waals surface area contributed by atoms with Crippen molar-refractivity contribution in [2.24, 2.45) is 4.99 Å². The predicted molar refractivity (Wildman–Crippen MR) is 124 cm³/mol. The second kappa shape index (κ2) is 8.97. The average molecular weight is 416 g/mol. The monoisotopic (exact) mass is 415 g/mol. The number of fused-ring (bicyclic) bond motifs is 1. The number of amidine groups is 1. The molecule has 0 aliphatic carbocycles. The van der Waals surface area contributed by atoms with Crippen LogP contribution in [0.2, 0.25) is 0 Å². The van der Waals surface area contributed by atoms with Crippen molar-refractivity contribution in [3.05, 3.63) is 85.5 Å². The van der Waals surface area contributed by atoms with E-state index in [2.05, 4.69) is 16.9 Å². The molecule has 3 aromatic carbocycles. The zero-order chi connectivity index (χ0) is 20.9. The van der Waals surface area contributed by atoms with Crippen LogP contribution in [0.3, 0.4) is 0 Å². The first-order valence-electron chi connectivity index (χ1n) is 9.65. The van der Waals surface area contributed by atoms with Crippen molar-refractivity contribution in [1.29, 1.82) is 0 Å². The second-order valence-corrected chi connectivity index (χ2v) is 8.06. The van der Waals surface area contributed by atoms with Gasteiger partial charge in [-0.05, 0) is 35.0 Å². The Morgan fingerprint density at radius 3 is 2.57 bits per heavy atom. The lowest BCUT2D eigenvalue weighted by Crippen LogP contribution is -2.33. The number of nitrogens with one attached hydrogen (secondary N) is 1. The molecule has 0 unspecified atom stereocenters. The molecule has 1 fully saturated rings. The van der Waals surface area contributed by atoms with E-state index >= 15 is 0 Å². The molecule has 1 aliphatic rings. The van der Waals surface area contributed by atoms with Crippen LogP contribution in [0.1, 0.15) is 6.42 Å². The van der Waals surface area contributed by atoms with Gasteiger partial charge >= 0.3 is 0 Å². The van der Waals surface area contributed by atoms with Crippen LogP contribution in [0.15, 0.2) is 90.4 Å². The summed E-state index contributed by atoms with van der Waals surface area (Å²) in [4.78, 5) is 31.7. The zero-order valence-corrected chi connectivity index (χ0v) is 17.1. The number of thioether (sulfide) groups is 1. The molecule has 0 spiro atoms. The first kappa shape index (κ1) is 19.9. The molecule has 1 atom stereocenters. The maximum atomic E-state index is 12.9. The molecular formula is C24H21N3O2S. The fourth-order valence-corrected chi connectivity index (χ4v) is 4.45. The van der Waals surface area contributed by atoms with E-state index in [4.69, 9.17) is 0 Å². The Hall–Kier alpha value is -3.38. The Labute approximate surface area is 179 Å². The number of benzene rings is 3. The van der Waals surface area contributed by atoms with Crippen LogP contribution in [0.25, 0.3) is 10.8 Å². The number of rotatable bonds is 6. The third kappa shape index (κ3) is 4.44. The van der Waals surface area contributed by atoms with Crippen molar-refractivity contribution in [1.82, 2.24) is 4.90 Å². The summed E-state index contributed by atoms with van der Waals surface area (Å²) in [5.41, 5.74) is 1.48. The molecular weight excluding hydrogens is 394 g/mol. The van der Waals surface area contributed by atoms with Gasteiger partial charge in [0.2, 0.25) is 11.8 Å². The van der Waals surface area contributed by atoms with Gasteiger partial charge in [-0.2, -0.15) is 0 Å². The summed E-state index contributed by atoms with van der Waals surface area (Å²) < 4.78 is 0. The Kier molecular flexibility index (Phi) is 5.95. The number of amides is 2. The lowest BCUT2D eigenvalue weighted by molar-refractivity contribution is -0.127. The number of para-hydroxylation sites is 1. The highest BCUT2D eigenvalue weighted by atomic mass is 32.2. The van der Waals surface area contributed by atoms with Gasteiger partial charge in [0.1, 0.15) is 5.25 Å². The minimum Gasteiger partial charge on any atom is -0.326 e. The number of carbonyl (C=O) groups excluding carboxylic acids is 2. The highest BCUT2D eigenvalue weighted by Crippen LogP contribution is 2.32. The molecule has 6 heteroatoms. The fraction of sp³-hybridized carbons (Fsp3) is 0.125. The van der Waals surface area contributed by atoms with E-state index in [0.29, 0.717) is 11.7 Å². The van der Waals surface area contributed by atoms with Crippen LogP contribution in [0, 0.1) is 0 Å². The number of hydrogen-bond acceptors (Lipinski definition) is 4. The van der Waals surface area contributed by atoms with Gasteiger partial charge in [-0.3, -0.25) is 14.5 Å². The van der Waals surface area contributed by atoms with Crippen molar-refractivity contribution in [3.8, 4) is 0 Å². The highest BCUT2D eigenvalue weighted by Gasteiger charge is 2.38. The highest BCUT2D eigenvalue weighted by molar-refractivity contribution is 8.15. The Morgan fingerprint density at radius 1 is 1.07 bits per heavy atom. The van der Waals surface area contributed by atoms with Crippen LogP contribution < -0.4 is 5.32 Å². The van der Waals surface area contributed by atoms with E-state index in [1.807, 2.05) is 72.8 Å². The van der Waals surface area contributed by atoms with Gasteiger partial charge in [0.05, 0.1) is 5.69 Å². The number of hydrogen-bond donors (Lipinski definition) is 1. The molecule has 1 N–H and O–H groups in total. The molecule has 1 saturated heterocycles. The van der Waals surface area contributed by atoms with E-state index in [9.17, 15) is 9.59 Å². The molecule has 0 radical (unpaired) electrons. The largest absolute Gasteiger partial charge is 0.326 e. The van der Waals surface area contributed by atoms with Crippen LogP contribution in [-0.4, -0.2) is 33.7 Å². The first-order valence-corrected chi connectivity index (χ1v) is 10.5. The summed E-state index contributed by atoms with van der Waals surface area (Å²) in [6.07, 6.45) is 1.74. The number of nitrogens with zero attached hydrogens (tertiary/aromatic N) is 2. The van der Waals surface area contributed by atoms with Crippen LogP contribution in [0.5, 0.6) is 0 Å². The second-order valence-electron chi connectivity index (χ2n) is 6.89. The zero-order valence-electron chi connectivity index (χ0n) is 16.3. The quantitative estimate of drug-likeness (QED) is 0.577. The molecule has 150 valence electrons. The summed E-state index contributed by atoms with van der Waals surface area (Å²) >= 11 is 1.32. The molecule has 0 bridgehead atoms. The third-order valence-corrected chi connectivity index (χ3v) is 5.89. The Balaban J connectivity index is 1.47. The predicted octanol–water partition coefficient (Wildman–Crippen LogP) is 4.99. The molecule has 1 heterocycles. The first-order chi connectivity index (χ1) is 14.6. The minimum absolute atomic E-state index is 0.0811. The summed E-state index contributed by atoms with van der Waals surface area (Å²) in [7, 11) is 0. The van der Waals surface area contributed by atoms with Crippen LogP contribution >= 0.6 is 11.8 Å². The summed E-state index contributed by atoms with van der Waals surface area (Å²) in [6, 6.07) is 23.2. The van der Waals surface area contributed by atoms with Crippen molar-refractivity contribution in [2.45, 2.75) is 11.7 Å². The molecule has 1 aliphatic heterocycles. The average Bonchev–Trinajstić information content (AvgIpc) is 3.03. The standard InChI is InChI=1S/C24H21N3O2S/c1-2-14-27-23(29)21(30-24(27)26-19-10-4-3-5-11-19)16-22(28)25-20-13-12-17-8-6-7-9-18(17)15-20/h2-13,15,21H,1,14,16H2,(H,25,28)/t21-/m1/s1. The lowest BCUT2D eigenvalue weighted by Gasteiger charge is -2.13. The van der Waals surface area contributed by atoms with Crippen LogP contribution in [0.4, 0.5) is 11.4 Å². The molecule has 0 aromatic heterocycles. The van der Waals surface area contributed by atoms with Crippen LogP contribution in [-0.2, 0) is 9.59 Å². The summed E-state index contributed by atoms with van der Waals surface area (Å²) in [5, 5.41) is 5.16. The molecule has 5 nitrogen and oxygen atoms in total. The van der Waals surface area contributed by atoms with Crippen molar-refractivity contribution in [3.63, 3.8) is 0 Å². The summed E-state index contributed by atoms with van der Waals surface area (Å²) in [5.74, 6) is -0.320. The lowest BCUT2D eigenvalue weighted by atomic mass is 10.1. The maximum Gasteiger partial charge on any atom is 0.242 e.